The smallest absolute Gasteiger partial charge is 0.184 e. The van der Waals surface area contributed by atoms with Gasteiger partial charge in [0.25, 0.3) is 0 Å². The summed E-state index contributed by atoms with van der Waals surface area (Å²) < 4.78 is 1.81. The molecule has 0 saturated carbocycles. The predicted octanol–water partition coefficient (Wildman–Crippen LogP) is 2.03. The van der Waals surface area contributed by atoms with Crippen LogP contribution in [0.25, 0.3) is 11.4 Å². The van der Waals surface area contributed by atoms with E-state index < -0.39 is 0 Å². The van der Waals surface area contributed by atoms with Crippen molar-refractivity contribution in [3.8, 4) is 11.4 Å². The van der Waals surface area contributed by atoms with Crippen LogP contribution >= 0.6 is 0 Å². The van der Waals surface area contributed by atoms with Crippen molar-refractivity contribution in [1.82, 2.24) is 20.2 Å². The van der Waals surface area contributed by atoms with Crippen molar-refractivity contribution in [2.24, 2.45) is 0 Å². The van der Waals surface area contributed by atoms with Crippen LogP contribution < -0.4 is 5.73 Å². The van der Waals surface area contributed by atoms with Gasteiger partial charge in [0.1, 0.15) is 0 Å². The van der Waals surface area contributed by atoms with Gasteiger partial charge in [-0.1, -0.05) is 25.0 Å². The summed E-state index contributed by atoms with van der Waals surface area (Å²) in [6.07, 6.45) is 2.17. The highest BCUT2D eigenvalue weighted by atomic mass is 15.5. The third-order valence-corrected chi connectivity index (χ3v) is 2.71. The zero-order valence-corrected chi connectivity index (χ0v) is 10.2. The van der Waals surface area contributed by atoms with Crippen molar-refractivity contribution < 1.29 is 0 Å². The van der Waals surface area contributed by atoms with E-state index in [0.717, 1.165) is 36.3 Å². The van der Waals surface area contributed by atoms with Crippen molar-refractivity contribution in [3.05, 3.63) is 23.8 Å². The van der Waals surface area contributed by atoms with E-state index in [1.165, 1.54) is 0 Å². The van der Waals surface area contributed by atoms with Gasteiger partial charge in [-0.05, 0) is 35.9 Å². The minimum atomic E-state index is 0.711. The number of benzene rings is 1. The fourth-order valence-corrected chi connectivity index (χ4v) is 1.72. The Kier molecular flexibility index (Phi) is 3.37. The predicted molar refractivity (Wildman–Crippen MR) is 67.3 cm³/mol. The molecule has 1 aromatic heterocycles. The molecule has 5 heteroatoms. The number of unbranched alkanes of at least 4 members (excludes halogenated alkanes) is 1. The molecule has 0 aliphatic heterocycles. The first-order valence-electron chi connectivity index (χ1n) is 5.85. The van der Waals surface area contributed by atoms with Crippen LogP contribution in [0.5, 0.6) is 0 Å². The molecule has 0 aliphatic rings. The van der Waals surface area contributed by atoms with E-state index in [0.29, 0.717) is 5.69 Å². The molecule has 1 heterocycles. The number of nitrogen functional groups attached to an aromatic ring is 1. The van der Waals surface area contributed by atoms with Crippen LogP contribution in [0, 0.1) is 6.92 Å². The Morgan fingerprint density at radius 3 is 2.94 bits per heavy atom. The van der Waals surface area contributed by atoms with Gasteiger partial charge in [-0.2, -0.15) is 0 Å². The molecule has 0 unspecified atom stereocenters. The van der Waals surface area contributed by atoms with Crippen LogP contribution in [-0.4, -0.2) is 20.2 Å². The molecule has 0 spiro atoms. The number of nitrogens with zero attached hydrogens (tertiary/aromatic N) is 4. The van der Waals surface area contributed by atoms with E-state index in [4.69, 9.17) is 5.73 Å². The lowest BCUT2D eigenvalue weighted by molar-refractivity contribution is 0.557. The number of aromatic nitrogens is 4. The second kappa shape index (κ2) is 4.95. The van der Waals surface area contributed by atoms with Crippen LogP contribution in [0.2, 0.25) is 0 Å². The SMILES string of the molecule is CCCCn1nnnc1-c1cc(C)ccc1N. The van der Waals surface area contributed by atoms with E-state index in [1.54, 1.807) is 0 Å². The molecule has 0 bridgehead atoms. The highest BCUT2D eigenvalue weighted by Crippen LogP contribution is 2.24. The van der Waals surface area contributed by atoms with Crippen LogP contribution in [0.3, 0.4) is 0 Å². The highest BCUT2D eigenvalue weighted by Gasteiger charge is 2.11. The Balaban J connectivity index is 2.38. The van der Waals surface area contributed by atoms with E-state index >= 15 is 0 Å². The Bertz CT molecular complexity index is 503. The summed E-state index contributed by atoms with van der Waals surface area (Å²) in [4.78, 5) is 0. The minimum Gasteiger partial charge on any atom is -0.398 e. The first kappa shape index (κ1) is 11.6. The number of tetrazole rings is 1. The molecule has 0 atom stereocenters. The van der Waals surface area contributed by atoms with Crippen molar-refractivity contribution in [1.29, 1.82) is 0 Å². The van der Waals surface area contributed by atoms with Gasteiger partial charge in [0, 0.05) is 17.8 Å². The number of aryl methyl sites for hydroxylation is 2. The number of rotatable bonds is 4. The number of nitrogens with two attached hydrogens (primary N) is 1. The summed E-state index contributed by atoms with van der Waals surface area (Å²) in [6, 6.07) is 5.89. The second-order valence-electron chi connectivity index (χ2n) is 4.17. The fourth-order valence-electron chi connectivity index (χ4n) is 1.72. The average molecular weight is 231 g/mol. The van der Waals surface area contributed by atoms with Crippen molar-refractivity contribution in [2.75, 3.05) is 5.73 Å². The van der Waals surface area contributed by atoms with Gasteiger partial charge in [-0.25, -0.2) is 4.68 Å². The average Bonchev–Trinajstić information content (AvgIpc) is 2.77. The van der Waals surface area contributed by atoms with Crippen molar-refractivity contribution >= 4 is 5.69 Å². The molecule has 0 saturated heterocycles. The monoisotopic (exact) mass is 231 g/mol. The maximum absolute atomic E-state index is 5.97. The van der Waals surface area contributed by atoms with Gasteiger partial charge >= 0.3 is 0 Å². The van der Waals surface area contributed by atoms with Gasteiger partial charge in [-0.3, -0.25) is 0 Å². The summed E-state index contributed by atoms with van der Waals surface area (Å²) in [6.45, 7) is 5.00. The van der Waals surface area contributed by atoms with Gasteiger partial charge in [0.15, 0.2) is 5.82 Å². The van der Waals surface area contributed by atoms with Crippen molar-refractivity contribution in [3.63, 3.8) is 0 Å². The zero-order chi connectivity index (χ0) is 12.3. The molecule has 5 nitrogen and oxygen atoms in total. The molecule has 0 aliphatic carbocycles. The van der Waals surface area contributed by atoms with Gasteiger partial charge in [0.05, 0.1) is 0 Å². The summed E-state index contributed by atoms with van der Waals surface area (Å²) in [5, 5.41) is 11.8. The maximum atomic E-state index is 5.97. The fraction of sp³-hybridized carbons (Fsp3) is 0.417. The lowest BCUT2D eigenvalue weighted by Crippen LogP contribution is -2.04. The highest BCUT2D eigenvalue weighted by molar-refractivity contribution is 5.71. The summed E-state index contributed by atoms with van der Waals surface area (Å²) >= 11 is 0. The Morgan fingerprint density at radius 2 is 2.18 bits per heavy atom. The number of hydrogen-bond acceptors (Lipinski definition) is 4. The lowest BCUT2D eigenvalue weighted by Gasteiger charge is -2.07. The van der Waals surface area contributed by atoms with Gasteiger partial charge < -0.3 is 5.73 Å². The summed E-state index contributed by atoms with van der Waals surface area (Å²) in [5.74, 6) is 0.750. The first-order valence-corrected chi connectivity index (χ1v) is 5.85. The molecule has 0 radical (unpaired) electrons. The summed E-state index contributed by atoms with van der Waals surface area (Å²) in [5.41, 5.74) is 8.74. The zero-order valence-electron chi connectivity index (χ0n) is 10.2. The molecule has 0 amide bonds. The number of anilines is 1. The van der Waals surface area contributed by atoms with Gasteiger partial charge in [0.2, 0.25) is 0 Å². The summed E-state index contributed by atoms with van der Waals surface area (Å²) in [7, 11) is 0. The number of hydrogen-bond donors (Lipinski definition) is 1. The molecular formula is C12H17N5. The van der Waals surface area contributed by atoms with Gasteiger partial charge in [-0.15, -0.1) is 5.10 Å². The molecule has 17 heavy (non-hydrogen) atoms. The molecule has 2 N–H and O–H groups in total. The van der Waals surface area contributed by atoms with Crippen LogP contribution in [0.15, 0.2) is 18.2 Å². The van der Waals surface area contributed by atoms with Crippen LogP contribution in [0.4, 0.5) is 5.69 Å². The molecule has 90 valence electrons. The van der Waals surface area contributed by atoms with Crippen LogP contribution in [-0.2, 0) is 6.54 Å². The Hall–Kier alpha value is -1.91. The first-order chi connectivity index (χ1) is 8.22. The molecule has 2 aromatic rings. The maximum Gasteiger partial charge on any atom is 0.184 e. The topological polar surface area (TPSA) is 69.6 Å². The third kappa shape index (κ3) is 2.43. The van der Waals surface area contributed by atoms with E-state index in [2.05, 4.69) is 22.4 Å². The van der Waals surface area contributed by atoms with E-state index in [1.807, 2.05) is 29.8 Å². The third-order valence-electron chi connectivity index (χ3n) is 2.71. The van der Waals surface area contributed by atoms with Crippen LogP contribution in [0.1, 0.15) is 25.3 Å². The quantitative estimate of drug-likeness (QED) is 0.817. The Labute approximate surface area is 101 Å². The van der Waals surface area contributed by atoms with E-state index in [9.17, 15) is 0 Å². The molecular weight excluding hydrogens is 214 g/mol. The lowest BCUT2D eigenvalue weighted by atomic mass is 10.1. The standard InChI is InChI=1S/C12H17N5/c1-3-4-7-17-12(14-15-16-17)10-8-9(2)5-6-11(10)13/h5-6,8H,3-4,7,13H2,1-2H3. The van der Waals surface area contributed by atoms with E-state index in [-0.39, 0.29) is 0 Å². The Morgan fingerprint density at radius 1 is 1.35 bits per heavy atom. The second-order valence-corrected chi connectivity index (χ2v) is 4.17. The molecule has 0 fully saturated rings. The normalized spacial score (nSPS) is 10.7. The minimum absolute atomic E-state index is 0.711. The molecule has 2 rings (SSSR count). The van der Waals surface area contributed by atoms with Crippen molar-refractivity contribution in [2.45, 2.75) is 33.2 Å². The largest absolute Gasteiger partial charge is 0.398 e. The molecule has 1 aromatic carbocycles.